The predicted octanol–water partition coefficient (Wildman–Crippen LogP) is 1.52. The highest BCUT2D eigenvalue weighted by atomic mass is 16.7. The number of ether oxygens (including phenoxy) is 4. The quantitative estimate of drug-likeness (QED) is 0.568. The Labute approximate surface area is 119 Å². The van der Waals surface area contributed by atoms with Crippen molar-refractivity contribution in [2.45, 2.75) is 25.0 Å². The first kappa shape index (κ1) is 14.0. The van der Waals surface area contributed by atoms with Crippen LogP contribution in [0.25, 0.3) is 0 Å². The lowest BCUT2D eigenvalue weighted by Gasteiger charge is -2.52. The van der Waals surface area contributed by atoms with Crippen LogP contribution in [0.3, 0.4) is 0 Å². The summed E-state index contributed by atoms with van der Waals surface area (Å²) < 4.78 is 22.7. The molecule has 0 amide bonds. The van der Waals surface area contributed by atoms with Crippen molar-refractivity contribution in [1.29, 1.82) is 0 Å². The van der Waals surface area contributed by atoms with Crippen LogP contribution in [0.5, 0.6) is 0 Å². The van der Waals surface area contributed by atoms with Crippen LogP contribution in [0.2, 0.25) is 0 Å². The Hall–Kier alpha value is -0.910. The van der Waals surface area contributed by atoms with Gasteiger partial charge in [0, 0.05) is 18.9 Å². The molecule has 2 bridgehead atoms. The third-order valence-corrected chi connectivity index (χ3v) is 5.12. The van der Waals surface area contributed by atoms with E-state index in [2.05, 4.69) is 6.58 Å². The number of hydrogen-bond donors (Lipinski definition) is 0. The number of rotatable bonds is 2. The molecule has 1 saturated carbocycles. The molecule has 0 N–H and O–H groups in total. The summed E-state index contributed by atoms with van der Waals surface area (Å²) >= 11 is 0. The Balaban J connectivity index is 2.12. The van der Waals surface area contributed by atoms with Crippen molar-refractivity contribution in [2.24, 2.45) is 17.3 Å². The second-order valence-corrected chi connectivity index (χ2v) is 5.81. The maximum atomic E-state index is 12.7. The van der Waals surface area contributed by atoms with E-state index in [0.717, 1.165) is 12.8 Å². The third kappa shape index (κ3) is 1.70. The van der Waals surface area contributed by atoms with Crippen LogP contribution in [-0.4, -0.2) is 45.3 Å². The number of methoxy groups -OCH3 is 1. The van der Waals surface area contributed by atoms with E-state index in [9.17, 15) is 4.79 Å². The molecule has 3 unspecified atom stereocenters. The van der Waals surface area contributed by atoms with Crippen LogP contribution in [-0.2, 0) is 23.7 Å². The summed E-state index contributed by atoms with van der Waals surface area (Å²) in [7, 11) is 1.41. The van der Waals surface area contributed by atoms with Crippen molar-refractivity contribution in [3.63, 3.8) is 0 Å². The summed E-state index contributed by atoms with van der Waals surface area (Å²) in [5.41, 5.74) is -0.931. The molecule has 3 rings (SSSR count). The first-order valence-corrected chi connectivity index (χ1v) is 7.27. The smallest absolute Gasteiger partial charge is 0.320 e. The normalized spacial score (nSPS) is 39.2. The molecule has 3 atom stereocenters. The number of fused-ring (bicyclic) bond motifs is 3. The number of carbonyl (C=O) groups is 1. The van der Waals surface area contributed by atoms with Gasteiger partial charge in [-0.2, -0.15) is 0 Å². The zero-order valence-electron chi connectivity index (χ0n) is 11.9. The van der Waals surface area contributed by atoms with Gasteiger partial charge >= 0.3 is 5.97 Å². The highest BCUT2D eigenvalue weighted by Crippen LogP contribution is 2.57. The first-order valence-electron chi connectivity index (χ1n) is 7.27. The Kier molecular flexibility index (Phi) is 3.60. The standard InChI is InChI=1S/C15H22O5/c1-3-12-11-4-6-15(19-8-9-20-15)14(12,13(16)17-2)10-18-7-5-11/h3,11-12H,1,4-10H2,2H3. The van der Waals surface area contributed by atoms with E-state index in [0.29, 0.717) is 32.2 Å². The van der Waals surface area contributed by atoms with E-state index in [1.54, 1.807) is 0 Å². The van der Waals surface area contributed by atoms with Crippen molar-refractivity contribution in [3.8, 4) is 0 Å². The van der Waals surface area contributed by atoms with Crippen LogP contribution in [0, 0.1) is 17.3 Å². The summed E-state index contributed by atoms with van der Waals surface area (Å²) in [5.74, 6) is -0.896. The molecular weight excluding hydrogens is 260 g/mol. The van der Waals surface area contributed by atoms with Crippen LogP contribution < -0.4 is 0 Å². The molecule has 5 nitrogen and oxygen atoms in total. The van der Waals surface area contributed by atoms with Gasteiger partial charge in [-0.25, -0.2) is 0 Å². The zero-order chi connectivity index (χ0) is 14.2. The van der Waals surface area contributed by atoms with Crippen molar-refractivity contribution >= 4 is 5.97 Å². The molecule has 112 valence electrons. The lowest BCUT2D eigenvalue weighted by Crippen LogP contribution is -2.64. The fourth-order valence-electron chi connectivity index (χ4n) is 4.22. The maximum Gasteiger partial charge on any atom is 0.320 e. The summed E-state index contributed by atoms with van der Waals surface area (Å²) in [6.45, 7) is 5.89. The summed E-state index contributed by atoms with van der Waals surface area (Å²) in [5, 5.41) is 0. The number of carbonyl (C=O) groups excluding carboxylic acids is 1. The van der Waals surface area contributed by atoms with Gasteiger partial charge in [0.1, 0.15) is 0 Å². The SMILES string of the molecule is C=CC1C2CCOCC1(C(=O)OC)C1(CC2)OCCO1. The van der Waals surface area contributed by atoms with Gasteiger partial charge in [-0.3, -0.25) is 4.79 Å². The van der Waals surface area contributed by atoms with Crippen LogP contribution in [0.4, 0.5) is 0 Å². The molecule has 5 heteroatoms. The van der Waals surface area contributed by atoms with Crippen molar-refractivity contribution < 1.29 is 23.7 Å². The van der Waals surface area contributed by atoms with E-state index in [1.807, 2.05) is 6.08 Å². The van der Waals surface area contributed by atoms with Gasteiger partial charge in [0.15, 0.2) is 11.2 Å². The van der Waals surface area contributed by atoms with Crippen molar-refractivity contribution in [2.75, 3.05) is 33.5 Å². The predicted molar refractivity (Wildman–Crippen MR) is 70.9 cm³/mol. The molecule has 3 fully saturated rings. The summed E-state index contributed by atoms with van der Waals surface area (Å²) in [4.78, 5) is 12.7. The Morgan fingerprint density at radius 1 is 1.30 bits per heavy atom. The average Bonchev–Trinajstić information content (AvgIpc) is 2.89. The molecule has 2 heterocycles. The fourth-order valence-corrected chi connectivity index (χ4v) is 4.22. The third-order valence-electron chi connectivity index (χ3n) is 5.12. The highest BCUT2D eigenvalue weighted by molar-refractivity contribution is 5.79. The second kappa shape index (κ2) is 5.13. The van der Waals surface area contributed by atoms with Gasteiger partial charge in [0.2, 0.25) is 0 Å². The maximum absolute atomic E-state index is 12.7. The molecule has 0 radical (unpaired) electrons. The highest BCUT2D eigenvalue weighted by Gasteiger charge is 2.68. The Bertz CT molecular complexity index is 401. The lowest BCUT2D eigenvalue weighted by atomic mass is 9.58. The number of allylic oxidation sites excluding steroid dienone is 1. The fraction of sp³-hybridized carbons (Fsp3) is 0.800. The minimum absolute atomic E-state index is 0.0377. The van der Waals surface area contributed by atoms with Gasteiger partial charge in [0.05, 0.1) is 26.9 Å². The molecule has 0 aromatic carbocycles. The van der Waals surface area contributed by atoms with Gasteiger partial charge in [0.25, 0.3) is 0 Å². The van der Waals surface area contributed by atoms with Crippen LogP contribution in [0.1, 0.15) is 19.3 Å². The topological polar surface area (TPSA) is 54.0 Å². The van der Waals surface area contributed by atoms with E-state index in [1.165, 1.54) is 7.11 Å². The molecule has 3 aliphatic rings. The van der Waals surface area contributed by atoms with E-state index < -0.39 is 11.2 Å². The first-order chi connectivity index (χ1) is 9.70. The van der Waals surface area contributed by atoms with Gasteiger partial charge in [-0.15, -0.1) is 6.58 Å². The summed E-state index contributed by atoms with van der Waals surface area (Å²) in [6.07, 6.45) is 4.47. The van der Waals surface area contributed by atoms with Gasteiger partial charge in [-0.05, 0) is 18.8 Å². The van der Waals surface area contributed by atoms with Crippen molar-refractivity contribution in [1.82, 2.24) is 0 Å². The molecular formula is C15H22O5. The van der Waals surface area contributed by atoms with E-state index in [4.69, 9.17) is 18.9 Å². The molecule has 2 aliphatic heterocycles. The molecule has 1 aliphatic carbocycles. The Morgan fingerprint density at radius 3 is 2.70 bits per heavy atom. The van der Waals surface area contributed by atoms with Crippen LogP contribution >= 0.6 is 0 Å². The monoisotopic (exact) mass is 282 g/mol. The van der Waals surface area contributed by atoms with E-state index in [-0.39, 0.29) is 18.5 Å². The molecule has 2 saturated heterocycles. The minimum Gasteiger partial charge on any atom is -0.468 e. The second-order valence-electron chi connectivity index (χ2n) is 5.81. The molecule has 0 aromatic heterocycles. The largest absolute Gasteiger partial charge is 0.468 e. The van der Waals surface area contributed by atoms with Gasteiger partial charge < -0.3 is 18.9 Å². The zero-order valence-corrected chi connectivity index (χ0v) is 11.9. The van der Waals surface area contributed by atoms with Crippen molar-refractivity contribution in [3.05, 3.63) is 12.7 Å². The Morgan fingerprint density at radius 2 is 2.05 bits per heavy atom. The minimum atomic E-state index is -0.931. The molecule has 20 heavy (non-hydrogen) atoms. The molecule has 1 spiro atoms. The van der Waals surface area contributed by atoms with E-state index >= 15 is 0 Å². The lowest BCUT2D eigenvalue weighted by molar-refractivity contribution is -0.280. The number of hydrogen-bond acceptors (Lipinski definition) is 5. The average molecular weight is 282 g/mol. The van der Waals surface area contributed by atoms with Gasteiger partial charge in [-0.1, -0.05) is 6.08 Å². The van der Waals surface area contributed by atoms with Crippen LogP contribution in [0.15, 0.2) is 12.7 Å². The molecule has 0 aromatic rings. The number of esters is 1. The summed E-state index contributed by atoms with van der Waals surface area (Å²) in [6, 6.07) is 0.